The van der Waals surface area contributed by atoms with Crippen LogP contribution in [-0.4, -0.2) is 40.4 Å². The standard InChI is InChI=1S/C15H15Cl2N5/c16-10-4-15-19-7-13(22(15)8-11(10)17)12-2-1-3-14(21-12)20-9-5-18-6-9/h1-2,4,7-9,14,18,20H,3,5-6H2. The molecular formula is C15H15Cl2N5. The lowest BCUT2D eigenvalue weighted by Crippen LogP contribution is -2.57. The first-order valence-electron chi connectivity index (χ1n) is 7.24. The van der Waals surface area contributed by atoms with Gasteiger partial charge in [-0.25, -0.2) is 4.98 Å². The highest BCUT2D eigenvalue weighted by Crippen LogP contribution is 2.24. The topological polar surface area (TPSA) is 53.7 Å². The first kappa shape index (κ1) is 14.2. The second-order valence-corrected chi connectivity index (χ2v) is 6.35. The van der Waals surface area contributed by atoms with Crippen molar-refractivity contribution in [3.63, 3.8) is 0 Å². The van der Waals surface area contributed by atoms with Gasteiger partial charge >= 0.3 is 0 Å². The Morgan fingerprint density at radius 3 is 2.91 bits per heavy atom. The molecule has 7 heteroatoms. The molecule has 0 bridgehead atoms. The molecule has 0 spiro atoms. The molecule has 0 radical (unpaired) electrons. The minimum atomic E-state index is 0.112. The second-order valence-electron chi connectivity index (χ2n) is 5.53. The van der Waals surface area contributed by atoms with Crippen molar-refractivity contribution in [2.24, 2.45) is 4.99 Å². The van der Waals surface area contributed by atoms with E-state index in [0.717, 1.165) is 36.6 Å². The lowest BCUT2D eigenvalue weighted by Gasteiger charge is -2.31. The number of allylic oxidation sites excluding steroid dienone is 1. The Hall–Kier alpha value is -1.40. The summed E-state index contributed by atoms with van der Waals surface area (Å²) in [6, 6.07) is 2.27. The predicted molar refractivity (Wildman–Crippen MR) is 89.1 cm³/mol. The van der Waals surface area contributed by atoms with Gasteiger partial charge in [-0.15, -0.1) is 0 Å². The largest absolute Gasteiger partial charge is 0.314 e. The molecule has 114 valence electrons. The Kier molecular flexibility index (Phi) is 3.66. The van der Waals surface area contributed by atoms with Crippen LogP contribution in [0.1, 0.15) is 12.1 Å². The third kappa shape index (κ3) is 2.54. The predicted octanol–water partition coefficient (Wildman–Crippen LogP) is 2.28. The molecule has 4 rings (SSSR count). The van der Waals surface area contributed by atoms with Gasteiger partial charge in [0.2, 0.25) is 0 Å². The van der Waals surface area contributed by atoms with Crippen LogP contribution in [0.2, 0.25) is 10.0 Å². The van der Waals surface area contributed by atoms with E-state index < -0.39 is 0 Å². The molecule has 0 saturated carbocycles. The van der Waals surface area contributed by atoms with Gasteiger partial charge in [0.1, 0.15) is 11.8 Å². The summed E-state index contributed by atoms with van der Waals surface area (Å²) in [5.41, 5.74) is 2.59. The smallest absolute Gasteiger partial charge is 0.138 e. The lowest BCUT2D eigenvalue weighted by atomic mass is 10.1. The number of aromatic nitrogens is 2. The van der Waals surface area contributed by atoms with Crippen molar-refractivity contribution in [1.82, 2.24) is 20.0 Å². The van der Waals surface area contributed by atoms with Crippen LogP contribution >= 0.6 is 23.2 Å². The summed E-state index contributed by atoms with van der Waals surface area (Å²) >= 11 is 12.2. The maximum Gasteiger partial charge on any atom is 0.138 e. The first-order chi connectivity index (χ1) is 10.7. The van der Waals surface area contributed by atoms with Crippen molar-refractivity contribution in [1.29, 1.82) is 0 Å². The fourth-order valence-electron chi connectivity index (χ4n) is 2.67. The number of pyridine rings is 1. The van der Waals surface area contributed by atoms with Gasteiger partial charge in [0, 0.05) is 37.8 Å². The molecule has 0 aliphatic carbocycles. The minimum Gasteiger partial charge on any atom is -0.314 e. The molecule has 1 saturated heterocycles. The molecular weight excluding hydrogens is 321 g/mol. The van der Waals surface area contributed by atoms with Gasteiger partial charge in [-0.1, -0.05) is 29.3 Å². The van der Waals surface area contributed by atoms with Gasteiger partial charge in [0.15, 0.2) is 0 Å². The van der Waals surface area contributed by atoms with E-state index in [-0.39, 0.29) is 6.17 Å². The molecule has 1 unspecified atom stereocenters. The molecule has 4 heterocycles. The van der Waals surface area contributed by atoms with E-state index in [2.05, 4.69) is 21.7 Å². The van der Waals surface area contributed by atoms with Crippen LogP contribution in [0.25, 0.3) is 5.65 Å². The number of nitrogens with zero attached hydrogens (tertiary/aromatic N) is 3. The number of aliphatic imine (C=N–C) groups is 1. The highest BCUT2D eigenvalue weighted by Gasteiger charge is 2.22. The van der Waals surface area contributed by atoms with Gasteiger partial charge in [0.25, 0.3) is 0 Å². The lowest BCUT2D eigenvalue weighted by molar-refractivity contribution is 0.330. The monoisotopic (exact) mass is 335 g/mol. The van der Waals surface area contributed by atoms with Gasteiger partial charge in [-0.3, -0.25) is 14.7 Å². The number of fused-ring (bicyclic) bond motifs is 1. The summed E-state index contributed by atoms with van der Waals surface area (Å²) < 4.78 is 1.92. The summed E-state index contributed by atoms with van der Waals surface area (Å²) in [6.45, 7) is 2.02. The van der Waals surface area contributed by atoms with Crippen LogP contribution in [0.15, 0.2) is 35.6 Å². The van der Waals surface area contributed by atoms with Gasteiger partial charge in [0.05, 0.1) is 27.6 Å². The zero-order valence-corrected chi connectivity index (χ0v) is 13.3. The van der Waals surface area contributed by atoms with E-state index >= 15 is 0 Å². The summed E-state index contributed by atoms with van der Waals surface area (Å²) in [6.07, 6.45) is 8.78. The third-order valence-corrected chi connectivity index (χ3v) is 4.66. The molecule has 2 aliphatic heterocycles. The quantitative estimate of drug-likeness (QED) is 0.904. The fourth-order valence-corrected chi connectivity index (χ4v) is 2.97. The number of hydrogen-bond donors (Lipinski definition) is 2. The molecule has 2 aromatic rings. The van der Waals surface area contributed by atoms with E-state index in [1.807, 2.05) is 10.5 Å². The van der Waals surface area contributed by atoms with Crippen molar-refractivity contribution in [2.75, 3.05) is 13.1 Å². The highest BCUT2D eigenvalue weighted by atomic mass is 35.5. The molecule has 2 N–H and O–H groups in total. The van der Waals surface area contributed by atoms with Gasteiger partial charge < -0.3 is 5.32 Å². The Labute approximate surface area is 138 Å². The molecule has 0 aromatic carbocycles. The molecule has 1 fully saturated rings. The zero-order chi connectivity index (χ0) is 15.1. The van der Waals surface area contributed by atoms with E-state index in [1.165, 1.54) is 0 Å². The molecule has 0 amide bonds. The Balaban J connectivity index is 1.68. The molecule has 22 heavy (non-hydrogen) atoms. The Bertz CT molecular complexity index is 776. The minimum absolute atomic E-state index is 0.112. The molecule has 2 aliphatic rings. The van der Waals surface area contributed by atoms with Crippen LogP contribution in [-0.2, 0) is 0 Å². The van der Waals surface area contributed by atoms with Crippen molar-refractivity contribution in [3.8, 4) is 0 Å². The number of rotatable bonds is 3. The van der Waals surface area contributed by atoms with Crippen molar-refractivity contribution in [3.05, 3.63) is 46.4 Å². The molecule has 1 atom stereocenters. The fraction of sp³-hybridized carbons (Fsp3) is 0.333. The summed E-state index contributed by atoms with van der Waals surface area (Å²) in [4.78, 5) is 9.19. The van der Waals surface area contributed by atoms with E-state index in [0.29, 0.717) is 16.1 Å². The number of imidazole rings is 1. The highest BCUT2D eigenvalue weighted by molar-refractivity contribution is 6.42. The van der Waals surface area contributed by atoms with E-state index in [1.54, 1.807) is 18.5 Å². The average molecular weight is 336 g/mol. The summed E-state index contributed by atoms with van der Waals surface area (Å²) in [5.74, 6) is 0. The second kappa shape index (κ2) is 5.66. The van der Waals surface area contributed by atoms with Crippen LogP contribution < -0.4 is 10.6 Å². The SMILES string of the molecule is Clc1cc2ncc(C3=NC(NC4CNC4)CC=C3)n2cc1Cl. The Morgan fingerprint density at radius 2 is 2.14 bits per heavy atom. The number of nitrogens with one attached hydrogen (secondary N) is 2. The van der Waals surface area contributed by atoms with Gasteiger partial charge in [-0.05, 0) is 6.08 Å². The maximum absolute atomic E-state index is 6.12. The first-order valence-corrected chi connectivity index (χ1v) is 8.00. The van der Waals surface area contributed by atoms with Gasteiger partial charge in [-0.2, -0.15) is 0 Å². The molecule has 2 aromatic heterocycles. The van der Waals surface area contributed by atoms with Crippen molar-refractivity contribution in [2.45, 2.75) is 18.6 Å². The van der Waals surface area contributed by atoms with Crippen molar-refractivity contribution >= 4 is 34.6 Å². The normalized spacial score (nSPS) is 21.9. The number of halogens is 2. The maximum atomic E-state index is 6.12. The van der Waals surface area contributed by atoms with Crippen LogP contribution in [0.3, 0.4) is 0 Å². The number of dihydropyridines is 1. The summed E-state index contributed by atoms with van der Waals surface area (Å²) in [7, 11) is 0. The average Bonchev–Trinajstić information content (AvgIpc) is 2.87. The zero-order valence-electron chi connectivity index (χ0n) is 11.8. The number of hydrogen-bond acceptors (Lipinski definition) is 4. The summed E-state index contributed by atoms with van der Waals surface area (Å²) in [5, 5.41) is 7.80. The molecule has 5 nitrogen and oxygen atoms in total. The van der Waals surface area contributed by atoms with Crippen LogP contribution in [0, 0.1) is 0 Å². The Morgan fingerprint density at radius 1 is 1.27 bits per heavy atom. The van der Waals surface area contributed by atoms with Crippen molar-refractivity contribution < 1.29 is 0 Å². The third-order valence-electron chi connectivity index (χ3n) is 3.95. The van der Waals surface area contributed by atoms with Crippen LogP contribution in [0.5, 0.6) is 0 Å². The van der Waals surface area contributed by atoms with Crippen LogP contribution in [0.4, 0.5) is 0 Å². The van der Waals surface area contributed by atoms with E-state index in [4.69, 9.17) is 28.2 Å². The van der Waals surface area contributed by atoms with E-state index in [9.17, 15) is 0 Å².